The van der Waals surface area contributed by atoms with Crippen LogP contribution in [0.25, 0.3) is 27.7 Å². The molecule has 1 fully saturated rings. The van der Waals surface area contributed by atoms with Gasteiger partial charge in [-0.3, -0.25) is 4.40 Å². The second-order valence-corrected chi connectivity index (χ2v) is 11.3. The average Bonchev–Trinajstić information content (AvgIpc) is 3.26. The summed E-state index contributed by atoms with van der Waals surface area (Å²) in [4.78, 5) is 5.06. The highest BCUT2D eigenvalue weighted by Gasteiger charge is 2.24. The molecule has 1 aliphatic carbocycles. The molecule has 188 valence electrons. The Hall–Kier alpha value is -3.84. The van der Waals surface area contributed by atoms with Gasteiger partial charge in [0, 0.05) is 17.8 Å². The second-order valence-electron chi connectivity index (χ2n) is 9.76. The maximum atomic E-state index is 13.4. The van der Waals surface area contributed by atoms with Crippen LogP contribution in [0.5, 0.6) is 5.75 Å². The third kappa shape index (κ3) is 4.67. The first-order valence-electron chi connectivity index (χ1n) is 12.8. The number of rotatable bonds is 6. The molecule has 1 N–H and O–H groups in total. The molecule has 0 amide bonds. The molecule has 0 atom stereocenters. The smallest absolute Gasteiger partial charge is 0.339 e. The van der Waals surface area contributed by atoms with Crippen molar-refractivity contribution in [3.8, 4) is 17.0 Å². The van der Waals surface area contributed by atoms with Crippen LogP contribution in [0.15, 0.2) is 90.0 Å². The Kier molecular flexibility index (Phi) is 6.08. The van der Waals surface area contributed by atoms with Crippen LogP contribution in [-0.2, 0) is 10.1 Å². The molecule has 2 aromatic heterocycles. The number of anilines is 1. The summed E-state index contributed by atoms with van der Waals surface area (Å²) < 4.78 is 34.6. The Morgan fingerprint density at radius 1 is 0.892 bits per heavy atom. The molecule has 1 saturated carbocycles. The highest BCUT2D eigenvalue weighted by molar-refractivity contribution is 7.87. The second kappa shape index (κ2) is 9.56. The molecular formula is C30H29N3O3S. The summed E-state index contributed by atoms with van der Waals surface area (Å²) in [7, 11) is -4.07. The van der Waals surface area contributed by atoms with E-state index in [1.54, 1.807) is 30.3 Å². The van der Waals surface area contributed by atoms with E-state index in [-0.39, 0.29) is 10.6 Å². The summed E-state index contributed by atoms with van der Waals surface area (Å²) in [6.45, 7) is 2.04. The Balaban J connectivity index is 1.42. The minimum atomic E-state index is -4.07. The first kappa shape index (κ1) is 23.6. The molecule has 6 nitrogen and oxygen atoms in total. The number of aromatic nitrogens is 2. The molecule has 6 rings (SSSR count). The lowest BCUT2D eigenvalue weighted by atomic mass is 9.95. The minimum absolute atomic E-state index is 0.118. The molecule has 0 saturated heterocycles. The topological polar surface area (TPSA) is 72.7 Å². The zero-order chi connectivity index (χ0) is 25.4. The lowest BCUT2D eigenvalue weighted by Gasteiger charge is -2.24. The minimum Gasteiger partial charge on any atom is -0.378 e. The number of fused-ring (bicyclic) bond motifs is 2. The van der Waals surface area contributed by atoms with Crippen molar-refractivity contribution in [2.45, 2.75) is 50.0 Å². The fourth-order valence-electron chi connectivity index (χ4n) is 5.14. The van der Waals surface area contributed by atoms with Gasteiger partial charge in [0.25, 0.3) is 0 Å². The zero-order valence-electron chi connectivity index (χ0n) is 20.7. The van der Waals surface area contributed by atoms with Crippen LogP contribution in [0.2, 0.25) is 0 Å². The largest absolute Gasteiger partial charge is 0.378 e. The number of hydrogen-bond donors (Lipinski definition) is 1. The number of pyridine rings is 1. The van der Waals surface area contributed by atoms with Crippen LogP contribution in [0.1, 0.15) is 37.7 Å². The Morgan fingerprint density at radius 3 is 2.49 bits per heavy atom. The van der Waals surface area contributed by atoms with Crippen molar-refractivity contribution in [2.75, 3.05) is 5.32 Å². The van der Waals surface area contributed by atoms with E-state index in [1.807, 2.05) is 60.0 Å². The van der Waals surface area contributed by atoms with E-state index in [0.29, 0.717) is 17.3 Å². The normalized spacial score (nSPS) is 14.7. The number of para-hydroxylation sites is 1. The quantitative estimate of drug-likeness (QED) is 0.249. The lowest BCUT2D eigenvalue weighted by Crippen LogP contribution is -2.23. The molecule has 2 heterocycles. The van der Waals surface area contributed by atoms with E-state index < -0.39 is 10.1 Å². The summed E-state index contributed by atoms with van der Waals surface area (Å²) in [5.41, 5.74) is 3.23. The third-order valence-corrected chi connectivity index (χ3v) is 8.31. The first-order valence-corrected chi connectivity index (χ1v) is 14.2. The number of nitrogens with one attached hydrogen (secondary N) is 1. The Morgan fingerprint density at radius 2 is 1.65 bits per heavy atom. The van der Waals surface area contributed by atoms with Gasteiger partial charge in [-0.05, 0) is 72.5 Å². The van der Waals surface area contributed by atoms with Gasteiger partial charge in [-0.15, -0.1) is 0 Å². The van der Waals surface area contributed by atoms with Gasteiger partial charge in [0.2, 0.25) is 0 Å². The van der Waals surface area contributed by atoms with Gasteiger partial charge >= 0.3 is 10.1 Å². The van der Waals surface area contributed by atoms with E-state index in [2.05, 4.69) is 11.4 Å². The fraction of sp³-hybridized carbons (Fsp3) is 0.233. The highest BCUT2D eigenvalue weighted by Crippen LogP contribution is 2.38. The average molecular weight is 512 g/mol. The van der Waals surface area contributed by atoms with Crippen LogP contribution in [0, 0.1) is 6.92 Å². The molecule has 0 aliphatic heterocycles. The van der Waals surface area contributed by atoms with Crippen molar-refractivity contribution in [3.05, 3.63) is 90.6 Å². The summed E-state index contributed by atoms with van der Waals surface area (Å²) in [6.07, 6.45) is 7.89. The van der Waals surface area contributed by atoms with Crippen molar-refractivity contribution in [2.24, 2.45) is 0 Å². The molecule has 7 heteroatoms. The fourth-order valence-corrected chi connectivity index (χ4v) is 6.12. The van der Waals surface area contributed by atoms with E-state index in [9.17, 15) is 8.42 Å². The molecule has 3 aromatic carbocycles. The Bertz CT molecular complexity index is 1700. The predicted molar refractivity (Wildman–Crippen MR) is 148 cm³/mol. The number of aryl methyl sites for hydroxylation is 1. The number of hydrogen-bond acceptors (Lipinski definition) is 5. The SMILES string of the molecule is Cc1ccn2c(NC3CCCCC3)c(-c3ccccc3OS(=O)(=O)c3ccc4ccccc4c3)nc2c1. The molecule has 1 aliphatic rings. The van der Waals surface area contributed by atoms with Crippen molar-refractivity contribution >= 4 is 32.4 Å². The van der Waals surface area contributed by atoms with E-state index in [4.69, 9.17) is 9.17 Å². The van der Waals surface area contributed by atoms with Gasteiger partial charge in [0.15, 0.2) is 5.75 Å². The van der Waals surface area contributed by atoms with Gasteiger partial charge in [-0.25, -0.2) is 4.98 Å². The standard InChI is InChI=1S/C30H29N3O3S/c1-21-17-18-33-28(19-21)32-29(30(33)31-24-11-3-2-4-12-24)26-13-7-8-14-27(26)36-37(34,35)25-16-15-22-9-5-6-10-23(22)20-25/h5-10,13-20,24,31H,2-4,11-12H2,1H3. The number of benzene rings is 3. The summed E-state index contributed by atoms with van der Waals surface area (Å²) in [6, 6.07) is 24.4. The van der Waals surface area contributed by atoms with Crippen LogP contribution < -0.4 is 9.50 Å². The predicted octanol–water partition coefficient (Wildman–Crippen LogP) is 6.98. The van der Waals surface area contributed by atoms with Crippen molar-refractivity contribution < 1.29 is 12.6 Å². The van der Waals surface area contributed by atoms with Crippen molar-refractivity contribution in [1.82, 2.24) is 9.38 Å². The van der Waals surface area contributed by atoms with Gasteiger partial charge in [0.1, 0.15) is 22.1 Å². The summed E-state index contributed by atoms with van der Waals surface area (Å²) in [5.74, 6) is 1.11. The first-order chi connectivity index (χ1) is 18.0. The monoisotopic (exact) mass is 511 g/mol. The van der Waals surface area contributed by atoms with Crippen LogP contribution >= 0.6 is 0 Å². The van der Waals surface area contributed by atoms with E-state index >= 15 is 0 Å². The van der Waals surface area contributed by atoms with E-state index in [1.165, 1.54) is 19.3 Å². The van der Waals surface area contributed by atoms with E-state index in [0.717, 1.165) is 40.6 Å². The highest BCUT2D eigenvalue weighted by atomic mass is 32.2. The van der Waals surface area contributed by atoms with Gasteiger partial charge in [-0.1, -0.05) is 61.7 Å². The molecule has 0 radical (unpaired) electrons. The molecule has 0 unspecified atom stereocenters. The molecule has 37 heavy (non-hydrogen) atoms. The zero-order valence-corrected chi connectivity index (χ0v) is 21.5. The van der Waals surface area contributed by atoms with Crippen LogP contribution in [0.3, 0.4) is 0 Å². The molecular weight excluding hydrogens is 482 g/mol. The number of nitrogens with zero attached hydrogens (tertiary/aromatic N) is 2. The third-order valence-electron chi connectivity index (χ3n) is 7.08. The molecule has 5 aromatic rings. The van der Waals surface area contributed by atoms with Gasteiger partial charge < -0.3 is 9.50 Å². The lowest BCUT2D eigenvalue weighted by molar-refractivity contribution is 0.461. The van der Waals surface area contributed by atoms with Crippen molar-refractivity contribution in [1.29, 1.82) is 0 Å². The Labute approximate surface area is 217 Å². The summed E-state index contributed by atoms with van der Waals surface area (Å²) >= 11 is 0. The number of imidazole rings is 1. The van der Waals surface area contributed by atoms with Gasteiger partial charge in [-0.2, -0.15) is 8.42 Å². The maximum Gasteiger partial charge on any atom is 0.339 e. The summed E-state index contributed by atoms with van der Waals surface area (Å²) in [5, 5.41) is 5.54. The van der Waals surface area contributed by atoms with Crippen LogP contribution in [-0.4, -0.2) is 23.8 Å². The molecule has 0 bridgehead atoms. The van der Waals surface area contributed by atoms with Crippen LogP contribution in [0.4, 0.5) is 5.82 Å². The van der Waals surface area contributed by atoms with Crippen molar-refractivity contribution in [3.63, 3.8) is 0 Å². The van der Waals surface area contributed by atoms with Gasteiger partial charge in [0.05, 0.1) is 0 Å². The molecule has 0 spiro atoms. The maximum absolute atomic E-state index is 13.4.